The molecule has 0 fully saturated rings. The summed E-state index contributed by atoms with van der Waals surface area (Å²) in [6, 6.07) is 0. The van der Waals surface area contributed by atoms with Crippen LogP contribution in [0.2, 0.25) is 0 Å². The number of rotatable bonds is 2. The Hall–Kier alpha value is -2.09. The Kier molecular flexibility index (Phi) is 9.97. The molecule has 2 N–H and O–H groups in total. The van der Waals surface area contributed by atoms with E-state index < -0.39 is 35.6 Å². The second kappa shape index (κ2) is 12.0. The first-order valence-corrected chi connectivity index (χ1v) is 12.7. The van der Waals surface area contributed by atoms with Gasteiger partial charge in [-0.25, -0.2) is 4.98 Å². The van der Waals surface area contributed by atoms with Crippen molar-refractivity contribution in [1.29, 1.82) is 0 Å². The van der Waals surface area contributed by atoms with E-state index >= 15 is 0 Å². The van der Waals surface area contributed by atoms with E-state index in [-0.39, 0.29) is 18.1 Å². The van der Waals surface area contributed by atoms with Crippen LogP contribution in [0, 0.1) is 24.2 Å². The third-order valence-electron chi connectivity index (χ3n) is 6.67. The second-order valence-electron chi connectivity index (χ2n) is 10.0. The molecule has 2 rings (SSSR count). The molecule has 5 atom stereocenters. The number of hydrogen-bond acceptors (Lipinski definition) is 7. The van der Waals surface area contributed by atoms with Crippen LogP contribution in [0.3, 0.4) is 0 Å². The van der Waals surface area contributed by atoms with E-state index in [1.165, 1.54) is 0 Å². The number of ketones is 1. The zero-order valence-electron chi connectivity index (χ0n) is 21.4. The normalized spacial score (nSPS) is 32.6. The van der Waals surface area contributed by atoms with Crippen molar-refractivity contribution in [2.24, 2.45) is 17.3 Å². The summed E-state index contributed by atoms with van der Waals surface area (Å²) >= 11 is 1.55. The topological polar surface area (TPSA) is 96.7 Å². The number of nitrogens with zero attached hydrogens (tertiary/aromatic N) is 1. The van der Waals surface area contributed by atoms with Crippen molar-refractivity contribution in [3.63, 3.8) is 0 Å². The van der Waals surface area contributed by atoms with Crippen LogP contribution in [-0.4, -0.2) is 45.3 Å². The lowest BCUT2D eigenvalue weighted by molar-refractivity contribution is -0.154. The highest BCUT2D eigenvalue weighted by molar-refractivity contribution is 7.09. The summed E-state index contributed by atoms with van der Waals surface area (Å²) in [5.74, 6) is -1.65. The molecule has 0 amide bonds. The predicted octanol–water partition coefficient (Wildman–Crippen LogP) is 5.04. The maximum absolute atomic E-state index is 13.1. The molecule has 0 unspecified atom stereocenters. The first kappa shape index (κ1) is 28.1. The van der Waals surface area contributed by atoms with Gasteiger partial charge in [-0.1, -0.05) is 51.5 Å². The Labute approximate surface area is 207 Å². The van der Waals surface area contributed by atoms with Crippen LogP contribution in [0.25, 0.3) is 6.08 Å². The number of thiazole rings is 1. The van der Waals surface area contributed by atoms with E-state index in [1.54, 1.807) is 32.1 Å². The van der Waals surface area contributed by atoms with Crippen LogP contribution >= 0.6 is 11.3 Å². The van der Waals surface area contributed by atoms with Crippen molar-refractivity contribution in [2.45, 2.75) is 86.0 Å². The van der Waals surface area contributed by atoms with Gasteiger partial charge in [-0.3, -0.25) is 9.59 Å². The van der Waals surface area contributed by atoms with Crippen LogP contribution in [0.5, 0.6) is 0 Å². The van der Waals surface area contributed by atoms with Crippen LogP contribution in [0.1, 0.15) is 71.5 Å². The summed E-state index contributed by atoms with van der Waals surface area (Å²) in [6.07, 6.45) is 6.09. The Morgan fingerprint density at radius 3 is 2.50 bits per heavy atom. The molecular weight excluding hydrogens is 450 g/mol. The van der Waals surface area contributed by atoms with Crippen LogP contribution < -0.4 is 0 Å². The largest absolute Gasteiger partial charge is 0.457 e. The van der Waals surface area contributed by atoms with Crippen molar-refractivity contribution in [2.75, 3.05) is 0 Å². The van der Waals surface area contributed by atoms with E-state index in [4.69, 9.17) is 4.74 Å². The standard InChI is InChI=1S/C27H39NO5S/c1-16-9-8-10-17(2)25(31)19(4)26(32)27(6,7)23(29)14-24(30)33-22(12-11-16)18(3)13-21-15-34-20(5)28-21/h8-9,11,13,15,17,19,22-23,25,29,31H,10,12,14H2,1-7H3/b9-8-,16-11+,18-13+/t17-,19+,22-,23-,25-/m0/s1. The first-order chi connectivity index (χ1) is 15.8. The van der Waals surface area contributed by atoms with Crippen molar-refractivity contribution in [3.05, 3.63) is 45.5 Å². The van der Waals surface area contributed by atoms with Crippen LogP contribution in [-0.2, 0) is 14.3 Å². The number of allylic oxidation sites excluding steroid dienone is 3. The zero-order valence-corrected chi connectivity index (χ0v) is 22.2. The Balaban J connectivity index is 2.38. The molecule has 0 saturated heterocycles. The summed E-state index contributed by atoms with van der Waals surface area (Å²) in [6.45, 7) is 12.6. The Morgan fingerprint density at radius 2 is 1.88 bits per heavy atom. The van der Waals surface area contributed by atoms with Gasteiger partial charge in [-0.15, -0.1) is 11.3 Å². The van der Waals surface area contributed by atoms with Crippen molar-refractivity contribution in [3.8, 4) is 0 Å². The number of aryl methyl sites for hydroxylation is 1. The lowest BCUT2D eigenvalue weighted by Crippen LogP contribution is -2.45. The molecule has 1 aromatic heterocycles. The smallest absolute Gasteiger partial charge is 0.309 e. The van der Waals surface area contributed by atoms with Crippen LogP contribution in [0.4, 0.5) is 0 Å². The summed E-state index contributed by atoms with van der Waals surface area (Å²) in [5, 5.41) is 24.5. The maximum Gasteiger partial charge on any atom is 0.309 e. The van der Waals surface area contributed by atoms with Gasteiger partial charge in [0.2, 0.25) is 0 Å². The number of carbonyl (C=O) groups is 2. The van der Waals surface area contributed by atoms with Gasteiger partial charge in [0.05, 0.1) is 34.7 Å². The van der Waals surface area contributed by atoms with Gasteiger partial charge < -0.3 is 14.9 Å². The molecule has 0 saturated carbocycles. The zero-order chi connectivity index (χ0) is 25.6. The number of carbonyl (C=O) groups excluding carboxylic acids is 2. The number of Topliss-reactive ketones (excluding diaryl/α,β-unsaturated/α-hetero) is 1. The van der Waals surface area contributed by atoms with Crippen molar-refractivity contribution < 1.29 is 24.5 Å². The summed E-state index contributed by atoms with van der Waals surface area (Å²) < 4.78 is 5.78. The molecule has 0 aromatic carbocycles. The number of aliphatic hydroxyl groups is 2. The summed E-state index contributed by atoms with van der Waals surface area (Å²) in [5.41, 5.74) is 1.47. The minimum atomic E-state index is -1.23. The number of hydrogen-bond donors (Lipinski definition) is 2. The lowest BCUT2D eigenvalue weighted by Gasteiger charge is -2.34. The molecule has 0 bridgehead atoms. The van der Waals surface area contributed by atoms with E-state index in [2.05, 4.69) is 4.98 Å². The number of ether oxygens (including phenoxy) is 1. The monoisotopic (exact) mass is 489 g/mol. The molecule has 34 heavy (non-hydrogen) atoms. The van der Waals surface area contributed by atoms with Crippen LogP contribution in [0.15, 0.2) is 34.8 Å². The Morgan fingerprint density at radius 1 is 1.21 bits per heavy atom. The fourth-order valence-electron chi connectivity index (χ4n) is 4.09. The fraction of sp³-hybridized carbons (Fsp3) is 0.593. The summed E-state index contributed by atoms with van der Waals surface area (Å²) in [7, 11) is 0. The number of esters is 1. The molecule has 0 aliphatic carbocycles. The molecule has 1 aliphatic heterocycles. The van der Waals surface area contributed by atoms with Gasteiger partial charge in [0.15, 0.2) is 0 Å². The van der Waals surface area contributed by atoms with Gasteiger partial charge in [0.1, 0.15) is 11.9 Å². The third kappa shape index (κ3) is 7.45. The number of cyclic esters (lactones) is 1. The average molecular weight is 490 g/mol. The molecule has 0 spiro atoms. The van der Waals surface area contributed by atoms with E-state index in [0.29, 0.717) is 12.8 Å². The Bertz CT molecular complexity index is 958. The number of aromatic nitrogens is 1. The quantitative estimate of drug-likeness (QED) is 0.565. The highest BCUT2D eigenvalue weighted by Gasteiger charge is 2.42. The van der Waals surface area contributed by atoms with Gasteiger partial charge >= 0.3 is 5.97 Å². The maximum atomic E-state index is 13.1. The fourth-order valence-corrected chi connectivity index (χ4v) is 4.66. The molecule has 6 nitrogen and oxygen atoms in total. The number of aliphatic hydroxyl groups excluding tert-OH is 2. The molecule has 1 aromatic rings. The molecule has 2 heterocycles. The highest BCUT2D eigenvalue weighted by Crippen LogP contribution is 2.32. The molecule has 188 valence electrons. The van der Waals surface area contributed by atoms with E-state index in [9.17, 15) is 19.8 Å². The highest BCUT2D eigenvalue weighted by atomic mass is 32.1. The lowest BCUT2D eigenvalue weighted by atomic mass is 9.73. The van der Waals surface area contributed by atoms with Gasteiger partial charge in [-0.05, 0) is 44.8 Å². The third-order valence-corrected chi connectivity index (χ3v) is 7.47. The molecule has 7 heteroatoms. The average Bonchev–Trinajstić information content (AvgIpc) is 3.18. The van der Waals surface area contributed by atoms with Gasteiger partial charge in [0.25, 0.3) is 0 Å². The van der Waals surface area contributed by atoms with Crippen molar-refractivity contribution >= 4 is 29.2 Å². The first-order valence-electron chi connectivity index (χ1n) is 11.9. The van der Waals surface area contributed by atoms with E-state index in [1.807, 2.05) is 57.4 Å². The van der Waals surface area contributed by atoms with Gasteiger partial charge in [0, 0.05) is 17.7 Å². The molecule has 0 radical (unpaired) electrons. The summed E-state index contributed by atoms with van der Waals surface area (Å²) in [4.78, 5) is 30.4. The second-order valence-corrected chi connectivity index (χ2v) is 11.1. The minimum Gasteiger partial charge on any atom is -0.457 e. The van der Waals surface area contributed by atoms with Crippen molar-refractivity contribution in [1.82, 2.24) is 4.98 Å². The molecular formula is C27H39NO5S. The van der Waals surface area contributed by atoms with Gasteiger partial charge in [-0.2, -0.15) is 0 Å². The predicted molar refractivity (Wildman–Crippen MR) is 136 cm³/mol. The SMILES string of the molecule is CC1=C\C[C@@H](/C(C)=C/c2csc(C)n2)OC(=O)C[C@H](O)C(C)(C)C(=O)[C@H](C)[C@@H](O)[C@@H](C)C/C=C\1. The minimum absolute atomic E-state index is 0.131. The molecule has 1 aliphatic rings. The van der Waals surface area contributed by atoms with E-state index in [0.717, 1.165) is 21.8 Å².